The molecule has 0 saturated carbocycles. The first-order valence-corrected chi connectivity index (χ1v) is 8.57. The third-order valence-corrected chi connectivity index (χ3v) is 5.16. The summed E-state index contributed by atoms with van der Waals surface area (Å²) in [6.07, 6.45) is 4.79. The van der Waals surface area contributed by atoms with Crippen LogP contribution < -0.4 is 5.32 Å². The van der Waals surface area contributed by atoms with Crippen LogP contribution in [0.1, 0.15) is 12.5 Å². The molecule has 0 bridgehead atoms. The molecular formula is C16H19BrN2S. The maximum atomic E-state index is 4.19. The second kappa shape index (κ2) is 8.45. The van der Waals surface area contributed by atoms with Crippen molar-refractivity contribution in [3.8, 4) is 0 Å². The van der Waals surface area contributed by atoms with Crippen LogP contribution in [0.25, 0.3) is 0 Å². The van der Waals surface area contributed by atoms with Gasteiger partial charge in [-0.3, -0.25) is 4.98 Å². The second-order valence-electron chi connectivity index (χ2n) is 4.56. The average molecular weight is 351 g/mol. The third kappa shape index (κ3) is 4.93. The Kier molecular flexibility index (Phi) is 6.57. The summed E-state index contributed by atoms with van der Waals surface area (Å²) in [5, 5.41) is 3.56. The van der Waals surface area contributed by atoms with E-state index in [0.717, 1.165) is 18.7 Å². The zero-order chi connectivity index (χ0) is 14.2. The summed E-state index contributed by atoms with van der Waals surface area (Å²) in [5.74, 6) is 1.05. The molecule has 1 aromatic heterocycles. The van der Waals surface area contributed by atoms with Crippen LogP contribution in [0.4, 0.5) is 0 Å². The highest BCUT2D eigenvalue weighted by molar-refractivity contribution is 9.10. The second-order valence-corrected chi connectivity index (χ2v) is 6.48. The smallest absolute Gasteiger partial charge is 0.0311 e. The van der Waals surface area contributed by atoms with E-state index >= 15 is 0 Å². The molecule has 0 aliphatic carbocycles. The molecule has 1 atom stereocenters. The summed E-state index contributed by atoms with van der Waals surface area (Å²) in [7, 11) is 0. The van der Waals surface area contributed by atoms with Crippen LogP contribution >= 0.6 is 27.7 Å². The van der Waals surface area contributed by atoms with Gasteiger partial charge in [0.25, 0.3) is 0 Å². The van der Waals surface area contributed by atoms with Gasteiger partial charge in [-0.25, -0.2) is 0 Å². The maximum Gasteiger partial charge on any atom is 0.0311 e. The third-order valence-electron chi connectivity index (χ3n) is 2.97. The van der Waals surface area contributed by atoms with Gasteiger partial charge in [0, 0.05) is 33.6 Å². The normalized spacial score (nSPS) is 12.3. The van der Waals surface area contributed by atoms with E-state index in [1.54, 1.807) is 0 Å². The van der Waals surface area contributed by atoms with E-state index in [0.29, 0.717) is 6.04 Å². The maximum absolute atomic E-state index is 4.19. The lowest BCUT2D eigenvalue weighted by Gasteiger charge is -2.17. The van der Waals surface area contributed by atoms with E-state index < -0.39 is 0 Å². The number of benzene rings is 1. The van der Waals surface area contributed by atoms with Crippen molar-refractivity contribution in [3.05, 3.63) is 58.8 Å². The Labute approximate surface area is 133 Å². The summed E-state index contributed by atoms with van der Waals surface area (Å²) in [6, 6.07) is 13.0. The van der Waals surface area contributed by atoms with Crippen molar-refractivity contribution in [2.45, 2.75) is 24.3 Å². The highest BCUT2D eigenvalue weighted by atomic mass is 79.9. The number of likely N-dealkylation sites (N-methyl/N-ethyl adjacent to an activating group) is 1. The number of nitrogens with one attached hydrogen (secondary N) is 1. The molecule has 0 spiro atoms. The monoisotopic (exact) mass is 350 g/mol. The molecule has 2 nitrogen and oxygen atoms in total. The first-order valence-electron chi connectivity index (χ1n) is 6.79. The van der Waals surface area contributed by atoms with Crippen LogP contribution in [0.15, 0.2) is 58.2 Å². The van der Waals surface area contributed by atoms with Gasteiger partial charge in [-0.05, 0) is 52.7 Å². The lowest BCUT2D eigenvalue weighted by atomic mass is 10.1. The topological polar surface area (TPSA) is 24.9 Å². The minimum absolute atomic E-state index is 0.460. The number of rotatable bonds is 7. The van der Waals surface area contributed by atoms with Gasteiger partial charge in [0.05, 0.1) is 0 Å². The number of hydrogen-bond donors (Lipinski definition) is 1. The molecule has 1 heterocycles. The minimum Gasteiger partial charge on any atom is -0.313 e. The van der Waals surface area contributed by atoms with Gasteiger partial charge >= 0.3 is 0 Å². The molecule has 20 heavy (non-hydrogen) atoms. The van der Waals surface area contributed by atoms with Crippen molar-refractivity contribution in [1.29, 1.82) is 0 Å². The van der Waals surface area contributed by atoms with Crippen LogP contribution in [0, 0.1) is 0 Å². The van der Waals surface area contributed by atoms with Gasteiger partial charge in [0.1, 0.15) is 0 Å². The molecule has 2 rings (SSSR count). The molecule has 0 radical (unpaired) electrons. The van der Waals surface area contributed by atoms with Crippen LogP contribution in [0.2, 0.25) is 0 Å². The van der Waals surface area contributed by atoms with Gasteiger partial charge in [-0.1, -0.05) is 25.1 Å². The van der Waals surface area contributed by atoms with E-state index in [1.165, 1.54) is 14.9 Å². The van der Waals surface area contributed by atoms with Crippen LogP contribution in [-0.4, -0.2) is 23.3 Å². The molecule has 0 amide bonds. The van der Waals surface area contributed by atoms with Gasteiger partial charge in [0.2, 0.25) is 0 Å². The molecule has 106 valence electrons. The van der Waals surface area contributed by atoms with Crippen LogP contribution in [0.3, 0.4) is 0 Å². The number of pyridine rings is 1. The van der Waals surface area contributed by atoms with Gasteiger partial charge in [-0.2, -0.15) is 0 Å². The largest absolute Gasteiger partial charge is 0.313 e. The molecule has 0 saturated heterocycles. The number of nitrogens with zero attached hydrogens (tertiary/aromatic N) is 1. The SMILES string of the molecule is CCNC(CSc1ccccc1Br)Cc1cccnc1. The Balaban J connectivity index is 1.94. The van der Waals surface area contributed by atoms with Crippen molar-refractivity contribution < 1.29 is 0 Å². The summed E-state index contributed by atoms with van der Waals surface area (Å²) < 4.78 is 1.17. The lowest BCUT2D eigenvalue weighted by molar-refractivity contribution is 0.572. The van der Waals surface area contributed by atoms with Crippen LogP contribution in [0.5, 0.6) is 0 Å². The van der Waals surface area contributed by atoms with Crippen LogP contribution in [-0.2, 0) is 6.42 Å². The number of thioether (sulfide) groups is 1. The highest BCUT2D eigenvalue weighted by Crippen LogP contribution is 2.27. The average Bonchev–Trinajstić information content (AvgIpc) is 2.47. The summed E-state index contributed by atoms with van der Waals surface area (Å²) in [4.78, 5) is 5.48. The van der Waals surface area contributed by atoms with E-state index in [9.17, 15) is 0 Å². The Hall–Kier alpha value is -0.840. The van der Waals surface area contributed by atoms with Gasteiger partial charge in [0.15, 0.2) is 0 Å². The van der Waals surface area contributed by atoms with Crippen molar-refractivity contribution in [1.82, 2.24) is 10.3 Å². The Morgan fingerprint density at radius 2 is 2.10 bits per heavy atom. The van der Waals surface area contributed by atoms with Gasteiger partial charge < -0.3 is 5.32 Å². The first-order chi connectivity index (χ1) is 9.79. The Morgan fingerprint density at radius 3 is 2.80 bits per heavy atom. The predicted octanol–water partition coefficient (Wildman–Crippen LogP) is 4.16. The molecule has 0 aliphatic rings. The molecule has 4 heteroatoms. The molecule has 0 fully saturated rings. The summed E-state index contributed by atoms with van der Waals surface area (Å²) in [5.41, 5.74) is 1.28. The minimum atomic E-state index is 0.460. The quantitative estimate of drug-likeness (QED) is 0.759. The van der Waals surface area contributed by atoms with Crippen molar-refractivity contribution >= 4 is 27.7 Å². The van der Waals surface area contributed by atoms with Crippen molar-refractivity contribution in [2.75, 3.05) is 12.3 Å². The Bertz CT molecular complexity index is 519. The fraction of sp³-hybridized carbons (Fsp3) is 0.312. The fourth-order valence-electron chi connectivity index (χ4n) is 2.03. The van der Waals surface area contributed by atoms with Crippen molar-refractivity contribution in [3.63, 3.8) is 0 Å². The first kappa shape index (κ1) is 15.5. The number of hydrogen-bond acceptors (Lipinski definition) is 3. The highest BCUT2D eigenvalue weighted by Gasteiger charge is 2.10. The molecule has 0 aliphatic heterocycles. The van der Waals surface area contributed by atoms with E-state index in [2.05, 4.69) is 57.4 Å². The number of halogens is 1. The predicted molar refractivity (Wildman–Crippen MR) is 90.3 cm³/mol. The lowest BCUT2D eigenvalue weighted by Crippen LogP contribution is -2.33. The molecule has 2 aromatic rings. The molecular weight excluding hydrogens is 332 g/mol. The standard InChI is InChI=1S/C16H19BrN2S/c1-2-19-14(10-13-6-5-9-18-11-13)12-20-16-8-4-3-7-15(16)17/h3-9,11,14,19H,2,10,12H2,1H3. The van der Waals surface area contributed by atoms with Gasteiger partial charge in [-0.15, -0.1) is 11.8 Å². The summed E-state index contributed by atoms with van der Waals surface area (Å²) >= 11 is 5.49. The fourth-order valence-corrected chi connectivity index (χ4v) is 3.66. The Morgan fingerprint density at radius 1 is 1.25 bits per heavy atom. The zero-order valence-electron chi connectivity index (χ0n) is 11.6. The molecule has 1 aromatic carbocycles. The van der Waals surface area contributed by atoms with Crippen molar-refractivity contribution in [2.24, 2.45) is 0 Å². The van der Waals surface area contributed by atoms with E-state index in [4.69, 9.17) is 0 Å². The molecule has 1 unspecified atom stereocenters. The van der Waals surface area contributed by atoms with E-state index in [1.807, 2.05) is 36.3 Å². The molecule has 1 N–H and O–H groups in total. The van der Waals surface area contributed by atoms with E-state index in [-0.39, 0.29) is 0 Å². The summed E-state index contributed by atoms with van der Waals surface area (Å²) in [6.45, 7) is 3.14. The number of aromatic nitrogens is 1. The zero-order valence-corrected chi connectivity index (χ0v) is 14.0.